The van der Waals surface area contributed by atoms with Crippen molar-refractivity contribution < 1.29 is 4.74 Å². The van der Waals surface area contributed by atoms with Crippen LogP contribution in [0.1, 0.15) is 6.92 Å². The third-order valence-corrected chi connectivity index (χ3v) is 4.22. The topological polar surface area (TPSA) is 39.9 Å². The van der Waals surface area contributed by atoms with Crippen LogP contribution in [0.15, 0.2) is 67.0 Å². The number of benzene rings is 2. The molecule has 0 spiro atoms. The molecule has 2 aromatic carbocycles. The molecule has 0 unspecified atom stereocenters. The van der Waals surface area contributed by atoms with Crippen LogP contribution in [0.5, 0.6) is 5.88 Å². The van der Waals surface area contributed by atoms with Crippen LogP contribution in [0.4, 0.5) is 0 Å². The van der Waals surface area contributed by atoms with E-state index >= 15 is 0 Å². The van der Waals surface area contributed by atoms with Crippen molar-refractivity contribution in [3.05, 3.63) is 72.0 Å². The number of ether oxygens (including phenoxy) is 1. The van der Waals surface area contributed by atoms with Gasteiger partial charge in [0.1, 0.15) is 0 Å². The maximum Gasteiger partial charge on any atom is 0.221 e. The largest absolute Gasteiger partial charge is 0.478 e. The second-order valence-corrected chi connectivity index (χ2v) is 6.05. The van der Waals surface area contributed by atoms with Crippen molar-refractivity contribution in [2.45, 2.75) is 6.92 Å². The highest BCUT2D eigenvalue weighted by molar-refractivity contribution is 6.30. The lowest BCUT2D eigenvalue weighted by Gasteiger charge is -2.11. The molecule has 0 fully saturated rings. The molecule has 0 amide bonds. The van der Waals surface area contributed by atoms with Crippen LogP contribution in [0.25, 0.3) is 27.7 Å². The summed E-state index contributed by atoms with van der Waals surface area (Å²) in [5, 5.41) is 7.04. The molecule has 25 heavy (non-hydrogen) atoms. The van der Waals surface area contributed by atoms with Crippen LogP contribution in [-0.2, 0) is 0 Å². The molecule has 0 saturated heterocycles. The average molecular weight is 350 g/mol. The van der Waals surface area contributed by atoms with Gasteiger partial charge < -0.3 is 4.74 Å². The van der Waals surface area contributed by atoms with Crippen LogP contribution in [0.2, 0.25) is 5.02 Å². The summed E-state index contributed by atoms with van der Waals surface area (Å²) >= 11 is 6.00. The minimum absolute atomic E-state index is 0.563. The number of nitrogens with zero attached hydrogens (tertiary/aromatic N) is 3. The van der Waals surface area contributed by atoms with E-state index in [2.05, 4.69) is 17.2 Å². The van der Waals surface area contributed by atoms with Crippen LogP contribution in [-0.4, -0.2) is 21.4 Å². The van der Waals surface area contributed by atoms with Gasteiger partial charge in [-0.1, -0.05) is 23.7 Å². The highest BCUT2D eigenvalue weighted by Crippen LogP contribution is 2.31. The fraction of sp³-hybridized carbons (Fsp3) is 0.100. The Morgan fingerprint density at radius 2 is 1.92 bits per heavy atom. The molecular weight excluding hydrogens is 334 g/mol. The standard InChI is InChI=1S/C20H16ClN3O/c1-2-25-20-18-9-8-17(24-11-3-10-22-24)12-15(18)13-19(23-20)14-4-6-16(21)7-5-14/h3-13H,2H2,1H3. The lowest BCUT2D eigenvalue weighted by atomic mass is 10.1. The van der Waals surface area contributed by atoms with Crippen LogP contribution < -0.4 is 4.74 Å². The van der Waals surface area contributed by atoms with Gasteiger partial charge in [-0.15, -0.1) is 0 Å². The molecule has 2 aromatic heterocycles. The van der Waals surface area contributed by atoms with E-state index in [0.717, 1.165) is 27.7 Å². The van der Waals surface area contributed by atoms with Crippen molar-refractivity contribution in [3.8, 4) is 22.8 Å². The van der Waals surface area contributed by atoms with Crippen molar-refractivity contribution in [3.63, 3.8) is 0 Å². The molecule has 0 aliphatic heterocycles. The Morgan fingerprint density at radius 1 is 1.08 bits per heavy atom. The number of hydrogen-bond donors (Lipinski definition) is 0. The first-order valence-corrected chi connectivity index (χ1v) is 8.46. The summed E-state index contributed by atoms with van der Waals surface area (Å²) in [7, 11) is 0. The predicted octanol–water partition coefficient (Wildman–Crippen LogP) is 5.14. The number of aromatic nitrogens is 3. The van der Waals surface area contributed by atoms with E-state index in [-0.39, 0.29) is 0 Å². The van der Waals surface area contributed by atoms with Gasteiger partial charge >= 0.3 is 0 Å². The molecule has 0 saturated carbocycles. The van der Waals surface area contributed by atoms with Gasteiger partial charge in [0.05, 0.1) is 18.0 Å². The first kappa shape index (κ1) is 15.7. The fourth-order valence-corrected chi connectivity index (χ4v) is 2.92. The fourth-order valence-electron chi connectivity index (χ4n) is 2.79. The average Bonchev–Trinajstić information content (AvgIpc) is 3.16. The second kappa shape index (κ2) is 6.57. The van der Waals surface area contributed by atoms with Crippen LogP contribution in [0.3, 0.4) is 0 Å². The van der Waals surface area contributed by atoms with Crippen molar-refractivity contribution >= 4 is 22.4 Å². The summed E-state index contributed by atoms with van der Waals surface area (Å²) in [5.41, 5.74) is 2.84. The quantitative estimate of drug-likeness (QED) is 0.512. The zero-order valence-electron chi connectivity index (χ0n) is 13.7. The number of halogens is 1. The molecule has 0 bridgehead atoms. The number of pyridine rings is 1. The first-order valence-electron chi connectivity index (χ1n) is 8.08. The van der Waals surface area contributed by atoms with E-state index in [9.17, 15) is 0 Å². The van der Waals surface area contributed by atoms with Gasteiger partial charge in [0.25, 0.3) is 0 Å². The summed E-state index contributed by atoms with van der Waals surface area (Å²) in [6, 6.07) is 17.7. The Bertz CT molecular complexity index is 1010. The van der Waals surface area contributed by atoms with E-state index < -0.39 is 0 Å². The van der Waals surface area contributed by atoms with E-state index in [1.54, 1.807) is 6.20 Å². The summed E-state index contributed by atoms with van der Waals surface area (Å²) in [6.07, 6.45) is 3.69. The number of rotatable bonds is 4. The van der Waals surface area contributed by atoms with E-state index in [0.29, 0.717) is 17.5 Å². The summed E-state index contributed by atoms with van der Waals surface area (Å²) in [6.45, 7) is 2.52. The third-order valence-electron chi connectivity index (χ3n) is 3.97. The Kier molecular flexibility index (Phi) is 4.12. The maximum atomic E-state index is 6.00. The number of fused-ring (bicyclic) bond motifs is 1. The van der Waals surface area contributed by atoms with Crippen molar-refractivity contribution in [1.82, 2.24) is 14.8 Å². The normalized spacial score (nSPS) is 11.0. The third kappa shape index (κ3) is 3.08. The number of hydrogen-bond acceptors (Lipinski definition) is 3. The molecule has 4 nitrogen and oxygen atoms in total. The van der Waals surface area contributed by atoms with Crippen molar-refractivity contribution in [2.75, 3.05) is 6.61 Å². The molecule has 124 valence electrons. The summed E-state index contributed by atoms with van der Waals surface area (Å²) in [5.74, 6) is 0.636. The minimum atomic E-state index is 0.563. The van der Waals surface area contributed by atoms with E-state index in [1.807, 2.05) is 60.3 Å². The van der Waals surface area contributed by atoms with E-state index in [1.165, 1.54) is 0 Å². The Morgan fingerprint density at radius 3 is 2.64 bits per heavy atom. The Hall–Kier alpha value is -2.85. The zero-order valence-corrected chi connectivity index (χ0v) is 14.4. The molecule has 4 rings (SSSR count). The van der Waals surface area contributed by atoms with Gasteiger partial charge in [-0.25, -0.2) is 9.67 Å². The SMILES string of the molecule is CCOc1nc(-c2ccc(Cl)cc2)cc2cc(-n3cccn3)ccc12. The van der Waals surface area contributed by atoms with E-state index in [4.69, 9.17) is 21.3 Å². The Labute approximate surface area is 150 Å². The highest BCUT2D eigenvalue weighted by Gasteiger charge is 2.10. The summed E-state index contributed by atoms with van der Waals surface area (Å²) < 4.78 is 7.61. The molecule has 0 N–H and O–H groups in total. The van der Waals surface area contributed by atoms with Gasteiger partial charge in [-0.2, -0.15) is 5.10 Å². The molecular formula is C20H16ClN3O. The molecule has 0 radical (unpaired) electrons. The monoisotopic (exact) mass is 349 g/mol. The molecule has 0 aliphatic rings. The smallest absolute Gasteiger partial charge is 0.221 e. The molecule has 4 aromatic rings. The van der Waals surface area contributed by atoms with Crippen molar-refractivity contribution in [1.29, 1.82) is 0 Å². The summed E-state index contributed by atoms with van der Waals surface area (Å²) in [4.78, 5) is 4.70. The van der Waals surface area contributed by atoms with Crippen molar-refractivity contribution in [2.24, 2.45) is 0 Å². The molecule has 0 atom stereocenters. The predicted molar refractivity (Wildman–Crippen MR) is 100 cm³/mol. The maximum absolute atomic E-state index is 6.00. The Balaban J connectivity index is 1.90. The minimum Gasteiger partial charge on any atom is -0.478 e. The van der Waals surface area contributed by atoms with Gasteiger partial charge in [0.2, 0.25) is 5.88 Å². The first-order chi connectivity index (χ1) is 12.2. The zero-order chi connectivity index (χ0) is 17.2. The van der Waals surface area contributed by atoms with Gasteiger partial charge in [-0.3, -0.25) is 0 Å². The second-order valence-electron chi connectivity index (χ2n) is 5.61. The molecule has 2 heterocycles. The van der Waals surface area contributed by atoms with Crippen LogP contribution in [0, 0.1) is 0 Å². The lowest BCUT2D eigenvalue weighted by Crippen LogP contribution is -1.99. The molecule has 0 aliphatic carbocycles. The lowest BCUT2D eigenvalue weighted by molar-refractivity contribution is 0.332. The van der Waals surface area contributed by atoms with Gasteiger partial charge in [0, 0.05) is 28.4 Å². The van der Waals surface area contributed by atoms with Crippen LogP contribution >= 0.6 is 11.6 Å². The molecule has 5 heteroatoms. The van der Waals surface area contributed by atoms with Gasteiger partial charge in [0.15, 0.2) is 0 Å². The van der Waals surface area contributed by atoms with Gasteiger partial charge in [-0.05, 0) is 54.8 Å². The highest BCUT2D eigenvalue weighted by atomic mass is 35.5.